The van der Waals surface area contributed by atoms with Crippen molar-refractivity contribution >= 4 is 39.2 Å². The molecule has 0 bridgehead atoms. The van der Waals surface area contributed by atoms with E-state index in [1.165, 1.54) is 11.1 Å². The minimum Gasteiger partial charge on any atom is -0.126 e. The Labute approximate surface area is 116 Å². The van der Waals surface area contributed by atoms with Gasteiger partial charge in [0, 0.05) is 6.04 Å². The summed E-state index contributed by atoms with van der Waals surface area (Å²) in [4.78, 5) is 0. The number of halogens is 3. The third-order valence-electron chi connectivity index (χ3n) is 2.47. The summed E-state index contributed by atoms with van der Waals surface area (Å²) in [5, 5.41) is 0. The van der Waals surface area contributed by atoms with Gasteiger partial charge in [-0.3, -0.25) is 0 Å². The van der Waals surface area contributed by atoms with Crippen molar-refractivity contribution < 1.29 is 0 Å². The van der Waals surface area contributed by atoms with Crippen molar-refractivity contribution in [2.24, 2.45) is 0 Å². The lowest BCUT2D eigenvalue weighted by molar-refractivity contribution is 1.38. The number of benzene rings is 2. The highest BCUT2D eigenvalue weighted by Crippen LogP contribution is 2.26. The predicted molar refractivity (Wildman–Crippen MR) is 78.9 cm³/mol. The fourth-order valence-corrected chi connectivity index (χ4v) is 3.76. The van der Waals surface area contributed by atoms with E-state index >= 15 is 0 Å². The van der Waals surface area contributed by atoms with Crippen molar-refractivity contribution in [1.29, 1.82) is 0 Å². The first-order valence-electron chi connectivity index (χ1n) is 5.26. The molecule has 0 N–H and O–H groups in total. The smallest absolute Gasteiger partial charge is 0.126 e. The first-order chi connectivity index (χ1) is 8.04. The summed E-state index contributed by atoms with van der Waals surface area (Å²) in [6.45, 7) is 0. The van der Waals surface area contributed by atoms with Gasteiger partial charge in [-0.25, -0.2) is 0 Å². The predicted octanol–water partition coefficient (Wildman–Crippen LogP) is 5.09. The van der Waals surface area contributed by atoms with Crippen molar-refractivity contribution in [3.8, 4) is 11.1 Å². The molecular weight excluding hydrogens is 291 g/mol. The summed E-state index contributed by atoms with van der Waals surface area (Å²) < 4.78 is 0. The standard InChI is InChI=1S/C13H11Cl3Si/c14-17(15,16)10-11-6-8-13(9-7-11)12-4-2-1-3-5-12/h1-9H,10H2. The second-order valence-electron chi connectivity index (χ2n) is 3.85. The van der Waals surface area contributed by atoms with Gasteiger partial charge in [-0.1, -0.05) is 54.6 Å². The van der Waals surface area contributed by atoms with Gasteiger partial charge in [0.1, 0.15) is 0 Å². The van der Waals surface area contributed by atoms with Gasteiger partial charge < -0.3 is 0 Å². The maximum Gasteiger partial charge on any atom is 0.345 e. The Bertz CT molecular complexity index is 474. The lowest BCUT2D eigenvalue weighted by atomic mass is 10.0. The Hall–Kier alpha value is -0.473. The van der Waals surface area contributed by atoms with Crippen molar-refractivity contribution in [2.45, 2.75) is 6.04 Å². The van der Waals surface area contributed by atoms with Crippen LogP contribution in [0, 0.1) is 0 Å². The quantitative estimate of drug-likeness (QED) is 0.547. The molecule has 2 rings (SSSR count). The SMILES string of the molecule is Cl[Si](Cl)(Cl)Cc1ccc(-c2ccccc2)cc1. The van der Waals surface area contributed by atoms with Crippen LogP contribution in [0.5, 0.6) is 0 Å². The molecule has 0 saturated heterocycles. The van der Waals surface area contributed by atoms with E-state index in [1.54, 1.807) is 0 Å². The fraction of sp³-hybridized carbons (Fsp3) is 0.0769. The molecule has 0 fully saturated rings. The molecule has 0 atom stereocenters. The summed E-state index contributed by atoms with van der Waals surface area (Å²) in [6.07, 6.45) is 0. The summed E-state index contributed by atoms with van der Waals surface area (Å²) in [5.41, 5.74) is 3.46. The van der Waals surface area contributed by atoms with Crippen LogP contribution in [0.4, 0.5) is 0 Å². The van der Waals surface area contributed by atoms with Crippen LogP contribution in [0.2, 0.25) is 0 Å². The van der Waals surface area contributed by atoms with Crippen LogP contribution in [0.25, 0.3) is 11.1 Å². The van der Waals surface area contributed by atoms with E-state index in [0.717, 1.165) is 5.56 Å². The van der Waals surface area contributed by atoms with Gasteiger partial charge in [-0.2, -0.15) is 0 Å². The second-order valence-corrected chi connectivity index (χ2v) is 13.0. The average molecular weight is 302 g/mol. The zero-order chi connectivity index (χ0) is 12.3. The van der Waals surface area contributed by atoms with Crippen LogP contribution in [-0.4, -0.2) is 6.00 Å². The molecule has 0 aliphatic carbocycles. The van der Waals surface area contributed by atoms with Gasteiger partial charge in [-0.15, -0.1) is 33.2 Å². The molecule has 88 valence electrons. The van der Waals surface area contributed by atoms with Crippen LogP contribution >= 0.6 is 33.2 Å². The van der Waals surface area contributed by atoms with Crippen LogP contribution in [0.3, 0.4) is 0 Å². The van der Waals surface area contributed by atoms with E-state index in [4.69, 9.17) is 33.2 Å². The molecule has 0 unspecified atom stereocenters. The maximum atomic E-state index is 5.89. The molecule has 2 aromatic rings. The van der Waals surface area contributed by atoms with Crippen LogP contribution in [0.15, 0.2) is 54.6 Å². The molecule has 0 aromatic heterocycles. The van der Waals surface area contributed by atoms with E-state index in [2.05, 4.69) is 24.3 Å². The molecule has 4 heteroatoms. The number of hydrogen-bond donors (Lipinski definition) is 0. The van der Waals surface area contributed by atoms with Crippen molar-refractivity contribution in [3.63, 3.8) is 0 Å². The van der Waals surface area contributed by atoms with Crippen LogP contribution < -0.4 is 0 Å². The molecule has 0 radical (unpaired) electrons. The first-order valence-corrected chi connectivity index (χ1v) is 10.5. The summed E-state index contributed by atoms with van der Waals surface area (Å²) >= 11 is 17.7. The topological polar surface area (TPSA) is 0 Å². The zero-order valence-corrected chi connectivity index (χ0v) is 12.3. The number of rotatable bonds is 3. The molecule has 0 heterocycles. The van der Waals surface area contributed by atoms with Gasteiger partial charge in [-0.05, 0) is 16.7 Å². The van der Waals surface area contributed by atoms with Gasteiger partial charge in [0.2, 0.25) is 0 Å². The van der Waals surface area contributed by atoms with E-state index in [1.807, 2.05) is 30.3 Å². The fourth-order valence-electron chi connectivity index (χ4n) is 1.68. The van der Waals surface area contributed by atoms with Crippen molar-refractivity contribution in [3.05, 3.63) is 60.2 Å². The summed E-state index contributed by atoms with van der Waals surface area (Å²) in [7, 11) is 0. The van der Waals surface area contributed by atoms with Crippen LogP contribution in [-0.2, 0) is 6.04 Å². The maximum absolute atomic E-state index is 5.89. The first kappa shape index (κ1) is 13.0. The summed E-state index contributed by atoms with van der Waals surface area (Å²) in [6, 6.07) is 16.4. The van der Waals surface area contributed by atoms with Crippen LogP contribution in [0.1, 0.15) is 5.56 Å². The lowest BCUT2D eigenvalue weighted by Crippen LogP contribution is -2.13. The second kappa shape index (κ2) is 5.45. The third kappa shape index (κ3) is 4.04. The highest BCUT2D eigenvalue weighted by Gasteiger charge is 2.25. The monoisotopic (exact) mass is 300 g/mol. The van der Waals surface area contributed by atoms with Crippen molar-refractivity contribution in [2.75, 3.05) is 0 Å². The minimum atomic E-state index is -2.58. The molecular formula is C13H11Cl3Si. The van der Waals surface area contributed by atoms with Gasteiger partial charge in [0.05, 0.1) is 0 Å². The lowest BCUT2D eigenvalue weighted by Gasteiger charge is -2.08. The average Bonchev–Trinajstić information content (AvgIpc) is 2.29. The zero-order valence-electron chi connectivity index (χ0n) is 9.04. The Morgan fingerprint density at radius 1 is 0.706 bits per heavy atom. The Morgan fingerprint density at radius 2 is 1.24 bits per heavy atom. The molecule has 17 heavy (non-hydrogen) atoms. The molecule has 0 aliphatic heterocycles. The highest BCUT2D eigenvalue weighted by molar-refractivity contribution is 7.64. The highest BCUT2D eigenvalue weighted by atomic mass is 35.8. The molecule has 0 spiro atoms. The van der Waals surface area contributed by atoms with Gasteiger partial charge in [0.15, 0.2) is 0 Å². The molecule has 0 nitrogen and oxygen atoms in total. The Kier molecular flexibility index (Phi) is 4.16. The third-order valence-corrected chi connectivity index (χ3v) is 4.48. The van der Waals surface area contributed by atoms with E-state index in [0.29, 0.717) is 6.04 Å². The number of hydrogen-bond acceptors (Lipinski definition) is 0. The van der Waals surface area contributed by atoms with E-state index < -0.39 is 6.00 Å². The molecule has 0 aliphatic rings. The van der Waals surface area contributed by atoms with Gasteiger partial charge >= 0.3 is 6.00 Å². The molecule has 2 aromatic carbocycles. The summed E-state index contributed by atoms with van der Waals surface area (Å²) in [5.74, 6) is 0. The van der Waals surface area contributed by atoms with Gasteiger partial charge in [0.25, 0.3) is 0 Å². The van der Waals surface area contributed by atoms with E-state index in [-0.39, 0.29) is 0 Å². The van der Waals surface area contributed by atoms with Crippen molar-refractivity contribution in [1.82, 2.24) is 0 Å². The molecule has 0 saturated carbocycles. The minimum absolute atomic E-state index is 0.562. The molecule has 0 amide bonds. The van der Waals surface area contributed by atoms with E-state index in [9.17, 15) is 0 Å². The largest absolute Gasteiger partial charge is 0.345 e. The Morgan fingerprint density at radius 3 is 1.76 bits per heavy atom. The normalized spacial score (nSPS) is 11.5. The Balaban J connectivity index is 2.19.